The molecule has 2 amide bonds. The Hall–Kier alpha value is -2.34. The maximum atomic E-state index is 13.3. The van der Waals surface area contributed by atoms with Gasteiger partial charge in [0.1, 0.15) is 5.82 Å². The number of aromatic amines is 1. The molecular weight excluding hydrogens is 321 g/mol. The molecule has 0 bridgehead atoms. The fraction of sp³-hybridized carbons (Fsp3) is 0.421. The molecule has 1 atom stereocenters. The maximum Gasteiger partial charge on any atom is 0.317 e. The number of hydrogen-bond acceptors (Lipinski definition) is 2. The molecule has 0 saturated carbocycles. The largest absolute Gasteiger partial charge is 0.381 e. The van der Waals surface area contributed by atoms with Crippen LogP contribution in [0.1, 0.15) is 18.4 Å². The highest BCUT2D eigenvalue weighted by molar-refractivity contribution is 5.93. The van der Waals surface area contributed by atoms with E-state index in [1.807, 2.05) is 11.1 Å². The summed E-state index contributed by atoms with van der Waals surface area (Å²) in [5.74, 6) is 0.195. The maximum absolute atomic E-state index is 13.3. The van der Waals surface area contributed by atoms with E-state index in [0.29, 0.717) is 25.6 Å². The Labute approximate surface area is 145 Å². The van der Waals surface area contributed by atoms with E-state index in [0.717, 1.165) is 42.5 Å². The van der Waals surface area contributed by atoms with Crippen LogP contribution in [0, 0.1) is 11.7 Å². The van der Waals surface area contributed by atoms with Gasteiger partial charge in [-0.2, -0.15) is 0 Å². The van der Waals surface area contributed by atoms with Crippen LogP contribution in [-0.4, -0.2) is 48.8 Å². The smallest absolute Gasteiger partial charge is 0.317 e. The number of benzene rings is 1. The predicted octanol–water partition coefficient (Wildman–Crippen LogP) is 3.14. The molecule has 5 nitrogen and oxygen atoms in total. The van der Waals surface area contributed by atoms with E-state index in [4.69, 9.17) is 4.74 Å². The number of aromatic nitrogens is 1. The van der Waals surface area contributed by atoms with E-state index in [-0.39, 0.29) is 11.8 Å². The highest BCUT2D eigenvalue weighted by Crippen LogP contribution is 2.29. The van der Waals surface area contributed by atoms with Crippen LogP contribution < -0.4 is 5.32 Å². The number of halogens is 1. The number of H-pyrrole nitrogens is 1. The summed E-state index contributed by atoms with van der Waals surface area (Å²) < 4.78 is 18.7. The number of nitrogens with one attached hydrogen (secondary N) is 2. The zero-order valence-electron chi connectivity index (χ0n) is 14.1. The fourth-order valence-corrected chi connectivity index (χ4v) is 3.55. The van der Waals surface area contributed by atoms with Crippen molar-refractivity contribution >= 4 is 22.5 Å². The summed E-state index contributed by atoms with van der Waals surface area (Å²) in [6.07, 6.45) is 5.83. The molecule has 25 heavy (non-hydrogen) atoms. The summed E-state index contributed by atoms with van der Waals surface area (Å²) >= 11 is 0. The molecule has 4 rings (SSSR count). The molecule has 2 aromatic rings. The number of carbonyl (C=O) groups excluding carboxylic acids is 1. The summed E-state index contributed by atoms with van der Waals surface area (Å²) in [4.78, 5) is 17.2. The van der Waals surface area contributed by atoms with Crippen molar-refractivity contribution in [3.63, 3.8) is 0 Å². The number of rotatable bonds is 3. The number of fused-ring (bicyclic) bond motifs is 1. The quantitative estimate of drug-likeness (QED) is 0.899. The van der Waals surface area contributed by atoms with Crippen molar-refractivity contribution in [2.75, 3.05) is 32.8 Å². The average molecular weight is 343 g/mol. The van der Waals surface area contributed by atoms with Gasteiger partial charge >= 0.3 is 6.03 Å². The van der Waals surface area contributed by atoms with E-state index >= 15 is 0 Å². The van der Waals surface area contributed by atoms with Gasteiger partial charge in [0.05, 0.1) is 6.61 Å². The molecule has 6 heteroatoms. The van der Waals surface area contributed by atoms with Crippen molar-refractivity contribution in [3.05, 3.63) is 41.9 Å². The Kier molecular flexibility index (Phi) is 4.44. The molecule has 1 aromatic heterocycles. The molecule has 2 aliphatic heterocycles. The van der Waals surface area contributed by atoms with Crippen LogP contribution in [0.3, 0.4) is 0 Å². The van der Waals surface area contributed by atoms with Gasteiger partial charge in [0.15, 0.2) is 0 Å². The number of carbonyl (C=O) groups is 1. The third-order valence-corrected chi connectivity index (χ3v) is 5.05. The number of nitrogens with zero attached hydrogens (tertiary/aromatic N) is 1. The van der Waals surface area contributed by atoms with Crippen molar-refractivity contribution < 1.29 is 13.9 Å². The first-order chi connectivity index (χ1) is 12.2. The Morgan fingerprint density at radius 1 is 1.44 bits per heavy atom. The standard InChI is InChI=1S/C19H22FN3O2/c20-15-1-2-16-17(11-21-18(16)9-15)14-3-6-23(7-4-14)19(24)22-10-13-5-8-25-12-13/h1-3,9,11,13,21H,4-8,10,12H2,(H,22,24). The Morgan fingerprint density at radius 3 is 3.12 bits per heavy atom. The third-order valence-electron chi connectivity index (χ3n) is 5.05. The van der Waals surface area contributed by atoms with Crippen molar-refractivity contribution in [2.24, 2.45) is 5.92 Å². The van der Waals surface area contributed by atoms with E-state index in [9.17, 15) is 9.18 Å². The van der Waals surface area contributed by atoms with Crippen LogP contribution in [-0.2, 0) is 4.74 Å². The molecule has 1 fully saturated rings. The van der Waals surface area contributed by atoms with Gasteiger partial charge < -0.3 is 19.9 Å². The number of ether oxygens (including phenoxy) is 1. The molecule has 0 radical (unpaired) electrons. The van der Waals surface area contributed by atoms with Crippen molar-refractivity contribution in [2.45, 2.75) is 12.8 Å². The Bertz CT molecular complexity index is 808. The molecule has 1 unspecified atom stereocenters. The fourth-order valence-electron chi connectivity index (χ4n) is 3.55. The summed E-state index contributed by atoms with van der Waals surface area (Å²) in [6, 6.07) is 4.79. The normalized spacial score (nSPS) is 20.8. The lowest BCUT2D eigenvalue weighted by Gasteiger charge is -2.27. The second-order valence-corrected chi connectivity index (χ2v) is 6.73. The highest BCUT2D eigenvalue weighted by Gasteiger charge is 2.21. The van der Waals surface area contributed by atoms with Crippen molar-refractivity contribution in [1.82, 2.24) is 15.2 Å². The molecular formula is C19H22FN3O2. The van der Waals surface area contributed by atoms with Crippen LogP contribution in [0.4, 0.5) is 9.18 Å². The minimum absolute atomic E-state index is 0.0109. The summed E-state index contributed by atoms with van der Waals surface area (Å²) in [5, 5.41) is 4.03. The summed E-state index contributed by atoms with van der Waals surface area (Å²) in [6.45, 7) is 3.50. The van der Waals surface area contributed by atoms with Gasteiger partial charge in [0.2, 0.25) is 0 Å². The van der Waals surface area contributed by atoms with Gasteiger partial charge in [-0.25, -0.2) is 9.18 Å². The zero-order valence-corrected chi connectivity index (χ0v) is 14.1. The predicted molar refractivity (Wildman–Crippen MR) is 94.7 cm³/mol. The van der Waals surface area contributed by atoms with Crippen LogP contribution >= 0.6 is 0 Å². The molecule has 3 heterocycles. The third kappa shape index (κ3) is 3.39. The van der Waals surface area contributed by atoms with Crippen molar-refractivity contribution in [1.29, 1.82) is 0 Å². The van der Waals surface area contributed by atoms with E-state index in [1.54, 1.807) is 6.07 Å². The van der Waals surface area contributed by atoms with E-state index in [1.165, 1.54) is 17.7 Å². The van der Waals surface area contributed by atoms with Crippen LogP contribution in [0.25, 0.3) is 16.5 Å². The lowest BCUT2D eigenvalue weighted by atomic mass is 9.99. The second-order valence-electron chi connectivity index (χ2n) is 6.73. The van der Waals surface area contributed by atoms with Crippen LogP contribution in [0.15, 0.2) is 30.5 Å². The first-order valence-corrected chi connectivity index (χ1v) is 8.77. The van der Waals surface area contributed by atoms with Gasteiger partial charge in [-0.15, -0.1) is 0 Å². The molecule has 2 N–H and O–H groups in total. The SMILES string of the molecule is O=C(NCC1CCOC1)N1CC=C(c2c[nH]c3cc(F)ccc23)CC1. The first kappa shape index (κ1) is 16.1. The summed E-state index contributed by atoms with van der Waals surface area (Å²) in [5.41, 5.74) is 3.10. The van der Waals surface area contributed by atoms with Gasteiger partial charge in [-0.3, -0.25) is 0 Å². The minimum atomic E-state index is -0.242. The number of amides is 2. The lowest BCUT2D eigenvalue weighted by Crippen LogP contribution is -2.43. The second kappa shape index (κ2) is 6.88. The van der Waals surface area contributed by atoms with Crippen molar-refractivity contribution in [3.8, 4) is 0 Å². The van der Waals surface area contributed by atoms with E-state index in [2.05, 4.69) is 16.4 Å². The zero-order chi connectivity index (χ0) is 17.2. The van der Waals surface area contributed by atoms with Gasteiger partial charge in [0, 0.05) is 54.8 Å². The lowest BCUT2D eigenvalue weighted by molar-refractivity contribution is 0.181. The minimum Gasteiger partial charge on any atom is -0.381 e. The average Bonchev–Trinajstić information content (AvgIpc) is 3.29. The first-order valence-electron chi connectivity index (χ1n) is 8.77. The molecule has 1 aromatic carbocycles. The molecule has 132 valence electrons. The molecule has 2 aliphatic rings. The highest BCUT2D eigenvalue weighted by atomic mass is 19.1. The van der Waals surface area contributed by atoms with Gasteiger partial charge in [-0.1, -0.05) is 6.08 Å². The molecule has 0 aliphatic carbocycles. The van der Waals surface area contributed by atoms with Gasteiger partial charge in [0.25, 0.3) is 0 Å². The van der Waals surface area contributed by atoms with Crippen LogP contribution in [0.2, 0.25) is 0 Å². The number of hydrogen-bond donors (Lipinski definition) is 2. The summed E-state index contributed by atoms with van der Waals surface area (Å²) in [7, 11) is 0. The van der Waals surface area contributed by atoms with Crippen LogP contribution in [0.5, 0.6) is 0 Å². The number of urea groups is 1. The topological polar surface area (TPSA) is 57.4 Å². The molecule has 1 saturated heterocycles. The molecule has 0 spiro atoms. The van der Waals surface area contributed by atoms with E-state index < -0.39 is 0 Å². The van der Waals surface area contributed by atoms with Gasteiger partial charge in [-0.05, 0) is 36.6 Å². The Morgan fingerprint density at radius 2 is 2.36 bits per heavy atom. The monoisotopic (exact) mass is 343 g/mol. The Balaban J connectivity index is 1.40.